The van der Waals surface area contributed by atoms with Crippen LogP contribution in [0, 0.1) is 0 Å². The number of thioether (sulfide) groups is 1. The first-order chi connectivity index (χ1) is 20.0. The van der Waals surface area contributed by atoms with Gasteiger partial charge in [-0.3, -0.25) is 13.9 Å². The number of benzene rings is 3. The van der Waals surface area contributed by atoms with Gasteiger partial charge in [0.2, 0.25) is 11.8 Å². The van der Waals surface area contributed by atoms with Gasteiger partial charge < -0.3 is 15.0 Å². The molecule has 12 heteroatoms. The van der Waals surface area contributed by atoms with Crippen LogP contribution in [0.4, 0.5) is 5.69 Å². The molecule has 1 atom stereocenters. The normalized spacial score (nSPS) is 12.0. The molecule has 0 unspecified atom stereocenters. The van der Waals surface area contributed by atoms with E-state index in [-0.39, 0.29) is 23.0 Å². The summed E-state index contributed by atoms with van der Waals surface area (Å²) in [6.07, 6.45) is 2.62. The molecule has 3 aromatic rings. The Morgan fingerprint density at radius 3 is 2.21 bits per heavy atom. The third kappa shape index (κ3) is 8.56. The highest BCUT2D eigenvalue weighted by Gasteiger charge is 2.32. The van der Waals surface area contributed by atoms with Gasteiger partial charge in [-0.05, 0) is 92.8 Å². The largest absolute Gasteiger partial charge is 0.494 e. The molecule has 0 radical (unpaired) electrons. The maximum Gasteiger partial charge on any atom is 0.264 e. The first-order valence-electron chi connectivity index (χ1n) is 13.4. The average Bonchev–Trinajstić information content (AvgIpc) is 2.99. The Labute approximate surface area is 262 Å². The molecule has 0 aliphatic rings. The van der Waals surface area contributed by atoms with Gasteiger partial charge in [-0.1, -0.05) is 36.2 Å². The van der Waals surface area contributed by atoms with E-state index in [9.17, 15) is 18.0 Å². The zero-order chi connectivity index (χ0) is 30.9. The quantitative estimate of drug-likeness (QED) is 0.207. The minimum absolute atomic E-state index is 0.00994. The van der Waals surface area contributed by atoms with E-state index in [0.29, 0.717) is 34.5 Å². The Bertz CT molecular complexity index is 1470. The third-order valence-corrected chi connectivity index (χ3v) is 9.69. The molecule has 0 aliphatic carbocycles. The predicted octanol–water partition coefficient (Wildman–Crippen LogP) is 6.25. The molecule has 0 aromatic heterocycles. The van der Waals surface area contributed by atoms with Crippen LogP contribution in [-0.4, -0.2) is 57.1 Å². The predicted molar refractivity (Wildman–Crippen MR) is 170 cm³/mol. The molecule has 0 heterocycles. The van der Waals surface area contributed by atoms with Crippen LogP contribution in [0.3, 0.4) is 0 Å². The third-order valence-electron chi connectivity index (χ3n) is 6.42. The molecule has 0 saturated carbocycles. The molecule has 8 nitrogen and oxygen atoms in total. The number of hydrogen-bond acceptors (Lipinski definition) is 6. The Morgan fingerprint density at radius 2 is 1.64 bits per heavy atom. The monoisotopic (exact) mass is 651 g/mol. The number of amides is 2. The smallest absolute Gasteiger partial charge is 0.264 e. The molecule has 1 N–H and O–H groups in total. The van der Waals surface area contributed by atoms with E-state index >= 15 is 0 Å². The lowest BCUT2D eigenvalue weighted by atomic mass is 10.1. The highest BCUT2D eigenvalue weighted by Crippen LogP contribution is 2.28. The van der Waals surface area contributed by atoms with Crippen LogP contribution in [-0.2, 0) is 26.2 Å². The second kappa shape index (κ2) is 15.5. The van der Waals surface area contributed by atoms with Gasteiger partial charge in [0.25, 0.3) is 10.0 Å². The fourth-order valence-electron chi connectivity index (χ4n) is 4.09. The van der Waals surface area contributed by atoms with Gasteiger partial charge in [-0.2, -0.15) is 0 Å². The van der Waals surface area contributed by atoms with Crippen molar-refractivity contribution in [2.24, 2.45) is 0 Å². The number of sulfonamides is 1. The van der Waals surface area contributed by atoms with Gasteiger partial charge in [-0.25, -0.2) is 8.42 Å². The molecule has 0 bridgehead atoms. The summed E-state index contributed by atoms with van der Waals surface area (Å²) in [4.78, 5) is 29.3. The van der Waals surface area contributed by atoms with E-state index < -0.39 is 28.5 Å². The molecule has 0 fully saturated rings. The first-order valence-corrected chi connectivity index (χ1v) is 16.8. The lowest BCUT2D eigenvalue weighted by Gasteiger charge is -2.32. The number of nitrogens with one attached hydrogen (secondary N) is 1. The summed E-state index contributed by atoms with van der Waals surface area (Å²) < 4.78 is 34.6. The maximum absolute atomic E-state index is 14.0. The number of halogens is 2. The van der Waals surface area contributed by atoms with E-state index in [0.717, 1.165) is 15.6 Å². The topological polar surface area (TPSA) is 96.0 Å². The van der Waals surface area contributed by atoms with Gasteiger partial charge in [0.15, 0.2) is 0 Å². The lowest BCUT2D eigenvalue weighted by molar-refractivity contribution is -0.139. The van der Waals surface area contributed by atoms with Crippen LogP contribution in [0.1, 0.15) is 32.8 Å². The summed E-state index contributed by atoms with van der Waals surface area (Å²) in [6, 6.07) is 17.0. The summed E-state index contributed by atoms with van der Waals surface area (Å²) >= 11 is 13.8. The van der Waals surface area contributed by atoms with Gasteiger partial charge >= 0.3 is 0 Å². The van der Waals surface area contributed by atoms with Crippen LogP contribution in [0.15, 0.2) is 76.5 Å². The highest BCUT2D eigenvalue weighted by molar-refractivity contribution is 7.98. The van der Waals surface area contributed by atoms with Crippen molar-refractivity contribution < 1.29 is 22.7 Å². The molecule has 3 aromatic carbocycles. The maximum atomic E-state index is 14.0. The van der Waals surface area contributed by atoms with Crippen molar-refractivity contribution in [3.8, 4) is 5.75 Å². The van der Waals surface area contributed by atoms with Crippen molar-refractivity contribution in [3.63, 3.8) is 0 Å². The first kappa shape index (κ1) is 33.6. The lowest BCUT2D eigenvalue weighted by Crippen LogP contribution is -2.51. The minimum atomic E-state index is -4.18. The average molecular weight is 653 g/mol. The summed E-state index contributed by atoms with van der Waals surface area (Å²) in [5, 5.41) is 3.47. The van der Waals surface area contributed by atoms with Crippen molar-refractivity contribution in [3.05, 3.63) is 82.3 Å². The summed E-state index contributed by atoms with van der Waals surface area (Å²) in [7, 11) is -4.18. The number of carbonyl (C=O) groups is 2. The molecular weight excluding hydrogens is 617 g/mol. The standard InChI is InChI=1S/C30H35Cl2N3O5S2/c1-5-17-33-30(37)21(3)34(19-22-7-16-27(31)28(32)18-22)29(36)20-35(23-8-10-24(11-9-23)40-6-2)42(38,39)26-14-12-25(41-4)13-15-26/h7-16,18,21H,5-6,17,19-20H2,1-4H3,(H,33,37)/t21-/m1/s1. The van der Waals surface area contributed by atoms with E-state index in [2.05, 4.69) is 5.32 Å². The molecule has 3 rings (SSSR count). The molecule has 42 heavy (non-hydrogen) atoms. The highest BCUT2D eigenvalue weighted by atomic mass is 35.5. The fraction of sp³-hybridized carbons (Fsp3) is 0.333. The summed E-state index contributed by atoms with van der Waals surface area (Å²) in [6.45, 7) is 5.73. The second-order valence-electron chi connectivity index (χ2n) is 9.35. The Morgan fingerprint density at radius 1 is 0.976 bits per heavy atom. The molecule has 0 saturated heterocycles. The summed E-state index contributed by atoms with van der Waals surface area (Å²) in [5.41, 5.74) is 0.911. The van der Waals surface area contributed by atoms with Crippen LogP contribution < -0.4 is 14.4 Å². The number of rotatable bonds is 14. The Kier molecular flexibility index (Phi) is 12.4. The number of nitrogens with zero attached hydrogens (tertiary/aromatic N) is 2. The summed E-state index contributed by atoms with van der Waals surface area (Å²) in [5.74, 6) is -0.358. The van der Waals surface area contributed by atoms with E-state index in [4.69, 9.17) is 27.9 Å². The van der Waals surface area contributed by atoms with Crippen molar-refractivity contribution >= 4 is 62.5 Å². The molecule has 2 amide bonds. The van der Waals surface area contributed by atoms with Crippen molar-refractivity contribution in [1.82, 2.24) is 10.2 Å². The van der Waals surface area contributed by atoms with Crippen LogP contribution >= 0.6 is 35.0 Å². The fourth-order valence-corrected chi connectivity index (χ4v) is 6.24. The van der Waals surface area contributed by atoms with Crippen molar-refractivity contribution in [2.45, 2.75) is 49.6 Å². The van der Waals surface area contributed by atoms with Gasteiger partial charge in [-0.15, -0.1) is 11.8 Å². The van der Waals surface area contributed by atoms with E-state index in [1.165, 1.54) is 28.8 Å². The zero-order valence-electron chi connectivity index (χ0n) is 24.0. The van der Waals surface area contributed by atoms with Gasteiger partial charge in [0.1, 0.15) is 18.3 Å². The van der Waals surface area contributed by atoms with Crippen molar-refractivity contribution in [2.75, 3.05) is 30.3 Å². The van der Waals surface area contributed by atoms with Crippen LogP contribution in [0.25, 0.3) is 0 Å². The number of ether oxygens (including phenoxy) is 1. The number of anilines is 1. The van der Waals surface area contributed by atoms with Crippen LogP contribution in [0.5, 0.6) is 5.75 Å². The van der Waals surface area contributed by atoms with Crippen molar-refractivity contribution in [1.29, 1.82) is 0 Å². The Hall–Kier alpha value is -2.92. The molecular formula is C30H35Cl2N3O5S2. The van der Waals surface area contributed by atoms with E-state index in [1.807, 2.05) is 20.1 Å². The van der Waals surface area contributed by atoms with Gasteiger partial charge in [0, 0.05) is 18.0 Å². The van der Waals surface area contributed by atoms with E-state index in [1.54, 1.807) is 61.5 Å². The molecule has 0 spiro atoms. The second-order valence-corrected chi connectivity index (χ2v) is 12.9. The number of hydrogen-bond donors (Lipinski definition) is 1. The SMILES string of the molecule is CCCNC(=O)[C@@H](C)N(Cc1ccc(Cl)c(Cl)c1)C(=O)CN(c1ccc(OCC)cc1)S(=O)(=O)c1ccc(SC)cc1. The minimum Gasteiger partial charge on any atom is -0.494 e. The van der Waals surface area contributed by atoms with Crippen LogP contribution in [0.2, 0.25) is 10.0 Å². The Balaban J connectivity index is 2.04. The molecule has 0 aliphatic heterocycles. The zero-order valence-corrected chi connectivity index (χ0v) is 27.1. The van der Waals surface area contributed by atoms with Gasteiger partial charge in [0.05, 0.1) is 27.2 Å². The molecule has 226 valence electrons. The number of carbonyl (C=O) groups excluding carboxylic acids is 2.